The van der Waals surface area contributed by atoms with E-state index in [0.717, 1.165) is 12.1 Å². The number of hydrogen-bond donors (Lipinski definition) is 1. The summed E-state index contributed by atoms with van der Waals surface area (Å²) in [7, 11) is 0. The molecule has 0 saturated heterocycles. The van der Waals surface area contributed by atoms with Crippen molar-refractivity contribution in [3.8, 4) is 0 Å². The highest BCUT2D eigenvalue weighted by molar-refractivity contribution is 6.33. The molecule has 0 saturated carbocycles. The molecule has 0 aliphatic carbocycles. The lowest BCUT2D eigenvalue weighted by Crippen LogP contribution is -1.97. The first-order chi connectivity index (χ1) is 8.95. The van der Waals surface area contributed by atoms with Crippen LogP contribution in [0.1, 0.15) is 0 Å². The third-order valence-corrected chi connectivity index (χ3v) is 2.69. The molecule has 0 bridgehead atoms. The summed E-state index contributed by atoms with van der Waals surface area (Å²) < 4.78 is 12.9. The fourth-order valence-electron chi connectivity index (χ4n) is 1.38. The van der Waals surface area contributed by atoms with Crippen molar-refractivity contribution < 1.29 is 9.31 Å². The number of benzene rings is 1. The average Bonchev–Trinajstić information content (AvgIpc) is 2.32. The topological polar surface area (TPSA) is 68.1 Å². The molecule has 0 unspecified atom stereocenters. The molecule has 5 nitrogen and oxygen atoms in total. The summed E-state index contributed by atoms with van der Waals surface area (Å²) in [4.78, 5) is 14.0. The number of pyridine rings is 1. The van der Waals surface area contributed by atoms with E-state index in [1.807, 2.05) is 0 Å². The number of hydrogen-bond acceptors (Lipinski definition) is 4. The molecule has 0 spiro atoms. The second-order valence-corrected chi connectivity index (χ2v) is 4.33. The van der Waals surface area contributed by atoms with E-state index in [1.165, 1.54) is 18.2 Å². The first-order valence-electron chi connectivity index (χ1n) is 5.00. The maximum absolute atomic E-state index is 12.9. The predicted molar refractivity (Wildman–Crippen MR) is 70.6 cm³/mol. The second kappa shape index (κ2) is 5.38. The van der Waals surface area contributed by atoms with E-state index in [4.69, 9.17) is 23.2 Å². The molecule has 0 amide bonds. The van der Waals surface area contributed by atoms with Gasteiger partial charge in [-0.3, -0.25) is 10.1 Å². The molecule has 0 radical (unpaired) electrons. The molecule has 98 valence electrons. The highest BCUT2D eigenvalue weighted by Crippen LogP contribution is 2.28. The second-order valence-electron chi connectivity index (χ2n) is 3.54. The van der Waals surface area contributed by atoms with E-state index < -0.39 is 10.7 Å². The standard InChI is InChI=1S/C11H6Cl2FN3O2/c12-8-3-6(14)1-2-9(8)15-11-5-7(17(18)19)4-10(13)16-11/h1-5H,(H,15,16). The van der Waals surface area contributed by atoms with Crippen molar-refractivity contribution in [3.05, 3.63) is 56.4 Å². The Labute approximate surface area is 117 Å². The zero-order valence-electron chi connectivity index (χ0n) is 9.23. The minimum atomic E-state index is -0.592. The van der Waals surface area contributed by atoms with Crippen LogP contribution in [0, 0.1) is 15.9 Å². The Bertz CT molecular complexity index is 652. The zero-order valence-corrected chi connectivity index (χ0v) is 10.7. The van der Waals surface area contributed by atoms with Crippen molar-refractivity contribution in [1.29, 1.82) is 0 Å². The van der Waals surface area contributed by atoms with Gasteiger partial charge in [0.15, 0.2) is 0 Å². The zero-order chi connectivity index (χ0) is 14.0. The van der Waals surface area contributed by atoms with Crippen LogP contribution in [0.15, 0.2) is 30.3 Å². The lowest BCUT2D eigenvalue weighted by Gasteiger charge is -2.07. The van der Waals surface area contributed by atoms with E-state index in [-0.39, 0.29) is 21.7 Å². The van der Waals surface area contributed by atoms with Crippen LogP contribution < -0.4 is 5.32 Å². The van der Waals surface area contributed by atoms with Gasteiger partial charge in [-0.15, -0.1) is 0 Å². The van der Waals surface area contributed by atoms with E-state index in [2.05, 4.69) is 10.3 Å². The molecular formula is C11H6Cl2FN3O2. The van der Waals surface area contributed by atoms with Gasteiger partial charge in [-0.25, -0.2) is 9.37 Å². The van der Waals surface area contributed by atoms with Gasteiger partial charge in [0.05, 0.1) is 27.8 Å². The maximum atomic E-state index is 12.9. The highest BCUT2D eigenvalue weighted by Gasteiger charge is 2.11. The molecule has 0 fully saturated rings. The Balaban J connectivity index is 2.35. The molecule has 19 heavy (non-hydrogen) atoms. The number of nitrogens with one attached hydrogen (secondary N) is 1. The van der Waals surface area contributed by atoms with Crippen LogP contribution in [0.25, 0.3) is 0 Å². The first kappa shape index (κ1) is 13.5. The lowest BCUT2D eigenvalue weighted by atomic mass is 10.3. The maximum Gasteiger partial charge on any atom is 0.276 e. The molecule has 0 aliphatic heterocycles. The van der Waals surface area contributed by atoms with E-state index in [0.29, 0.717) is 5.69 Å². The Morgan fingerprint density at radius 3 is 2.63 bits per heavy atom. The van der Waals surface area contributed by atoms with Crippen LogP contribution in [-0.2, 0) is 0 Å². The van der Waals surface area contributed by atoms with E-state index >= 15 is 0 Å². The molecule has 0 aliphatic rings. The molecule has 1 aromatic heterocycles. The third-order valence-electron chi connectivity index (χ3n) is 2.18. The molecule has 2 rings (SSSR count). The fraction of sp³-hybridized carbons (Fsp3) is 0. The highest BCUT2D eigenvalue weighted by atomic mass is 35.5. The van der Waals surface area contributed by atoms with E-state index in [1.54, 1.807) is 0 Å². The van der Waals surface area contributed by atoms with Gasteiger partial charge in [-0.05, 0) is 18.2 Å². The summed E-state index contributed by atoms with van der Waals surface area (Å²) in [6.07, 6.45) is 0. The normalized spacial score (nSPS) is 10.3. The lowest BCUT2D eigenvalue weighted by molar-refractivity contribution is -0.384. The Kier molecular flexibility index (Phi) is 3.82. The van der Waals surface area contributed by atoms with Crippen LogP contribution >= 0.6 is 23.2 Å². The molecule has 8 heteroatoms. The predicted octanol–water partition coefficient (Wildman–Crippen LogP) is 4.18. The quantitative estimate of drug-likeness (QED) is 0.524. The van der Waals surface area contributed by atoms with Crippen LogP contribution in [0.5, 0.6) is 0 Å². The van der Waals surface area contributed by atoms with Crippen LogP contribution in [0.3, 0.4) is 0 Å². The number of rotatable bonds is 3. The summed E-state index contributed by atoms with van der Waals surface area (Å²) in [5.41, 5.74) is 0.160. The average molecular weight is 302 g/mol. The molecule has 2 aromatic rings. The minimum absolute atomic E-state index is 0.0325. The number of aromatic nitrogens is 1. The van der Waals surface area contributed by atoms with Crippen molar-refractivity contribution in [3.63, 3.8) is 0 Å². The van der Waals surface area contributed by atoms with Gasteiger partial charge in [-0.2, -0.15) is 0 Å². The smallest absolute Gasteiger partial charge is 0.276 e. The summed E-state index contributed by atoms with van der Waals surface area (Å²) in [5.74, 6) is -0.340. The van der Waals surface area contributed by atoms with Crippen molar-refractivity contribution >= 4 is 40.4 Å². The van der Waals surface area contributed by atoms with Crippen molar-refractivity contribution in [2.75, 3.05) is 5.32 Å². The molecule has 0 atom stereocenters. The fourth-order valence-corrected chi connectivity index (χ4v) is 1.80. The van der Waals surface area contributed by atoms with Gasteiger partial charge in [-0.1, -0.05) is 23.2 Å². The van der Waals surface area contributed by atoms with Gasteiger partial charge in [0.25, 0.3) is 5.69 Å². The summed E-state index contributed by atoms with van der Waals surface area (Å²) >= 11 is 11.5. The molecule has 1 N–H and O–H groups in total. The van der Waals surface area contributed by atoms with Gasteiger partial charge in [0.2, 0.25) is 0 Å². The summed E-state index contributed by atoms with van der Waals surface area (Å²) in [6, 6.07) is 6.03. The molecule has 1 aromatic carbocycles. The minimum Gasteiger partial charge on any atom is -0.339 e. The monoisotopic (exact) mass is 301 g/mol. The Morgan fingerprint density at radius 2 is 2.00 bits per heavy atom. The third kappa shape index (κ3) is 3.30. The SMILES string of the molecule is O=[N+]([O-])c1cc(Cl)nc(Nc2ccc(F)cc2Cl)c1. The van der Waals surface area contributed by atoms with Crippen LogP contribution in [0.2, 0.25) is 10.2 Å². The number of anilines is 2. The van der Waals surface area contributed by atoms with Crippen molar-refractivity contribution in [1.82, 2.24) is 4.98 Å². The molecular weight excluding hydrogens is 296 g/mol. The molecule has 1 heterocycles. The number of nitro groups is 1. The largest absolute Gasteiger partial charge is 0.339 e. The van der Waals surface area contributed by atoms with Crippen molar-refractivity contribution in [2.45, 2.75) is 0 Å². The number of halogens is 3. The van der Waals surface area contributed by atoms with Gasteiger partial charge in [0.1, 0.15) is 16.8 Å². The van der Waals surface area contributed by atoms with E-state index in [9.17, 15) is 14.5 Å². The van der Waals surface area contributed by atoms with Crippen LogP contribution in [0.4, 0.5) is 21.6 Å². The van der Waals surface area contributed by atoms with Gasteiger partial charge in [0, 0.05) is 0 Å². The Morgan fingerprint density at radius 1 is 1.26 bits per heavy atom. The summed E-state index contributed by atoms with van der Waals surface area (Å²) in [5, 5.41) is 13.5. The number of nitrogens with zero attached hydrogens (tertiary/aromatic N) is 2. The van der Waals surface area contributed by atoms with Crippen LogP contribution in [-0.4, -0.2) is 9.91 Å². The van der Waals surface area contributed by atoms with Crippen molar-refractivity contribution in [2.24, 2.45) is 0 Å². The van der Waals surface area contributed by atoms with Gasteiger partial charge < -0.3 is 5.32 Å². The van der Waals surface area contributed by atoms with Gasteiger partial charge >= 0.3 is 0 Å². The first-order valence-corrected chi connectivity index (χ1v) is 5.75. The Hall–Kier alpha value is -1.92. The summed E-state index contributed by atoms with van der Waals surface area (Å²) in [6.45, 7) is 0.